The number of rotatable bonds is 5. The van der Waals surface area contributed by atoms with Crippen molar-refractivity contribution in [2.75, 3.05) is 14.2 Å². The molecule has 1 aromatic carbocycles. The van der Waals surface area contributed by atoms with Crippen molar-refractivity contribution < 1.29 is 18.7 Å². The maximum absolute atomic E-state index is 14.5. The lowest BCUT2D eigenvalue weighted by molar-refractivity contribution is 0.209. The van der Waals surface area contributed by atoms with Crippen molar-refractivity contribution in [1.29, 1.82) is 0 Å². The van der Waals surface area contributed by atoms with E-state index in [0.29, 0.717) is 17.1 Å². The standard InChI is InChI=1S/C16H20FNO3/c1-15(2,17)11-8-12(14(21-4)9-13(11)20-3)16(18-10-19)6-5-7-16/h8-9H,5-7H2,1-4H3. The Morgan fingerprint density at radius 1 is 1.24 bits per heavy atom. The van der Waals surface area contributed by atoms with Crippen LogP contribution in [0.3, 0.4) is 0 Å². The SMILES string of the molecule is COc1cc(OC)c(C2(N=C=O)CCC2)cc1C(C)(C)F. The minimum atomic E-state index is -1.57. The molecule has 0 radical (unpaired) electrons. The highest BCUT2D eigenvalue weighted by molar-refractivity contribution is 5.53. The van der Waals surface area contributed by atoms with E-state index in [1.165, 1.54) is 28.1 Å². The molecule has 0 heterocycles. The first kappa shape index (κ1) is 15.5. The third-order valence-corrected chi connectivity index (χ3v) is 4.10. The molecule has 4 nitrogen and oxygen atoms in total. The zero-order valence-corrected chi connectivity index (χ0v) is 12.8. The molecule has 0 saturated heterocycles. The molecule has 1 aliphatic carbocycles. The third-order valence-electron chi connectivity index (χ3n) is 4.10. The predicted molar refractivity (Wildman–Crippen MR) is 77.3 cm³/mol. The largest absolute Gasteiger partial charge is 0.496 e. The van der Waals surface area contributed by atoms with Crippen molar-refractivity contribution in [2.24, 2.45) is 4.99 Å². The fourth-order valence-corrected chi connectivity index (χ4v) is 2.77. The van der Waals surface area contributed by atoms with Gasteiger partial charge in [0.25, 0.3) is 0 Å². The molecule has 1 saturated carbocycles. The monoisotopic (exact) mass is 293 g/mol. The van der Waals surface area contributed by atoms with Gasteiger partial charge in [-0.1, -0.05) is 0 Å². The van der Waals surface area contributed by atoms with Crippen molar-refractivity contribution >= 4 is 6.08 Å². The fourth-order valence-electron chi connectivity index (χ4n) is 2.77. The van der Waals surface area contributed by atoms with E-state index in [2.05, 4.69) is 4.99 Å². The molecule has 1 aliphatic rings. The van der Waals surface area contributed by atoms with Crippen molar-refractivity contribution in [3.8, 4) is 11.5 Å². The van der Waals surface area contributed by atoms with Gasteiger partial charge in [0.1, 0.15) is 22.7 Å². The lowest BCUT2D eigenvalue weighted by Crippen LogP contribution is -2.33. The molecule has 0 unspecified atom stereocenters. The van der Waals surface area contributed by atoms with E-state index in [1.54, 1.807) is 18.2 Å². The molecule has 0 bridgehead atoms. The van der Waals surface area contributed by atoms with E-state index in [0.717, 1.165) is 24.8 Å². The van der Waals surface area contributed by atoms with Gasteiger partial charge in [-0.25, -0.2) is 9.18 Å². The highest BCUT2D eigenvalue weighted by atomic mass is 19.1. The van der Waals surface area contributed by atoms with Crippen LogP contribution < -0.4 is 9.47 Å². The minimum Gasteiger partial charge on any atom is -0.496 e. The summed E-state index contributed by atoms with van der Waals surface area (Å²) in [6.07, 6.45) is 4.07. The summed E-state index contributed by atoms with van der Waals surface area (Å²) in [6, 6.07) is 3.37. The molecule has 21 heavy (non-hydrogen) atoms. The van der Waals surface area contributed by atoms with Crippen molar-refractivity contribution in [3.05, 3.63) is 23.3 Å². The number of nitrogens with zero attached hydrogens (tertiary/aromatic N) is 1. The lowest BCUT2D eigenvalue weighted by atomic mass is 9.71. The van der Waals surface area contributed by atoms with Crippen LogP contribution in [0.5, 0.6) is 11.5 Å². The highest BCUT2D eigenvalue weighted by Crippen LogP contribution is 2.50. The zero-order chi connectivity index (χ0) is 15.7. The number of halogens is 1. The summed E-state index contributed by atoms with van der Waals surface area (Å²) in [6.45, 7) is 2.94. The van der Waals surface area contributed by atoms with Crippen LogP contribution in [0.25, 0.3) is 0 Å². The van der Waals surface area contributed by atoms with Gasteiger partial charge in [0.15, 0.2) is 0 Å². The van der Waals surface area contributed by atoms with Crippen LogP contribution in [-0.2, 0) is 16.0 Å². The van der Waals surface area contributed by atoms with E-state index < -0.39 is 11.2 Å². The van der Waals surface area contributed by atoms with Gasteiger partial charge >= 0.3 is 0 Å². The number of carbonyl (C=O) groups excluding carboxylic acids is 1. The summed E-state index contributed by atoms with van der Waals surface area (Å²) in [7, 11) is 3.03. The number of alkyl halides is 1. The zero-order valence-electron chi connectivity index (χ0n) is 12.8. The Balaban J connectivity index is 2.67. The second-order valence-corrected chi connectivity index (χ2v) is 5.81. The van der Waals surface area contributed by atoms with Crippen molar-refractivity contribution in [3.63, 3.8) is 0 Å². The maximum Gasteiger partial charge on any atom is 0.235 e. The highest BCUT2D eigenvalue weighted by Gasteiger charge is 2.42. The summed E-state index contributed by atoms with van der Waals surface area (Å²) >= 11 is 0. The molecule has 0 spiro atoms. The number of isocyanates is 1. The number of hydrogen-bond acceptors (Lipinski definition) is 4. The van der Waals surface area contributed by atoms with E-state index in [4.69, 9.17) is 9.47 Å². The van der Waals surface area contributed by atoms with Crippen LogP contribution in [0, 0.1) is 0 Å². The molecular weight excluding hydrogens is 273 g/mol. The Morgan fingerprint density at radius 3 is 2.24 bits per heavy atom. The second-order valence-electron chi connectivity index (χ2n) is 5.81. The first-order valence-corrected chi connectivity index (χ1v) is 6.93. The molecular formula is C16H20FNO3. The van der Waals surface area contributed by atoms with Gasteiger partial charge in [-0.2, -0.15) is 4.99 Å². The number of methoxy groups -OCH3 is 2. The Kier molecular flexibility index (Phi) is 4.06. The Hall–Kier alpha value is -1.87. The van der Waals surface area contributed by atoms with Crippen LogP contribution in [0.15, 0.2) is 17.1 Å². The predicted octanol–water partition coefficient (Wildman–Crippen LogP) is 3.62. The normalized spacial score (nSPS) is 16.6. The van der Waals surface area contributed by atoms with Gasteiger partial charge < -0.3 is 9.47 Å². The fraction of sp³-hybridized carbons (Fsp3) is 0.562. The van der Waals surface area contributed by atoms with Crippen LogP contribution in [0.4, 0.5) is 4.39 Å². The molecule has 2 rings (SSSR count). The van der Waals surface area contributed by atoms with Gasteiger partial charge in [0, 0.05) is 17.2 Å². The minimum absolute atomic E-state index is 0.424. The number of aliphatic imine (C=N–C) groups is 1. The summed E-state index contributed by atoms with van der Waals surface area (Å²) in [5.41, 5.74) is -1.06. The van der Waals surface area contributed by atoms with Crippen LogP contribution >= 0.6 is 0 Å². The summed E-state index contributed by atoms with van der Waals surface area (Å²) in [5, 5.41) is 0. The van der Waals surface area contributed by atoms with Gasteiger partial charge in [0.2, 0.25) is 6.08 Å². The van der Waals surface area contributed by atoms with Gasteiger partial charge in [-0.15, -0.1) is 0 Å². The first-order chi connectivity index (χ1) is 9.88. The quantitative estimate of drug-likeness (QED) is 0.615. The average Bonchev–Trinajstić information content (AvgIpc) is 2.40. The summed E-state index contributed by atoms with van der Waals surface area (Å²) in [4.78, 5) is 14.7. The van der Waals surface area contributed by atoms with E-state index >= 15 is 0 Å². The maximum atomic E-state index is 14.5. The van der Waals surface area contributed by atoms with Crippen LogP contribution in [0.2, 0.25) is 0 Å². The Morgan fingerprint density at radius 2 is 1.86 bits per heavy atom. The van der Waals surface area contributed by atoms with E-state index in [1.807, 2.05) is 0 Å². The van der Waals surface area contributed by atoms with Gasteiger partial charge in [-0.05, 0) is 39.2 Å². The van der Waals surface area contributed by atoms with Crippen molar-refractivity contribution in [1.82, 2.24) is 0 Å². The third kappa shape index (κ3) is 2.66. The molecule has 1 aromatic rings. The van der Waals surface area contributed by atoms with Crippen LogP contribution in [-0.4, -0.2) is 20.3 Å². The number of ether oxygens (including phenoxy) is 2. The van der Waals surface area contributed by atoms with E-state index in [-0.39, 0.29) is 0 Å². The number of hydrogen-bond donors (Lipinski definition) is 0. The second kappa shape index (κ2) is 5.49. The molecule has 0 aliphatic heterocycles. The average molecular weight is 293 g/mol. The Bertz CT molecular complexity index is 582. The molecule has 0 N–H and O–H groups in total. The van der Waals surface area contributed by atoms with E-state index in [9.17, 15) is 9.18 Å². The molecule has 0 atom stereocenters. The molecule has 0 aromatic heterocycles. The lowest BCUT2D eigenvalue weighted by Gasteiger charge is -2.38. The van der Waals surface area contributed by atoms with Gasteiger partial charge in [0.05, 0.1) is 14.2 Å². The first-order valence-electron chi connectivity index (χ1n) is 6.93. The molecule has 114 valence electrons. The van der Waals surface area contributed by atoms with Crippen LogP contribution in [0.1, 0.15) is 44.2 Å². The molecule has 1 fully saturated rings. The summed E-state index contributed by atoms with van der Waals surface area (Å²) < 4.78 is 25.1. The summed E-state index contributed by atoms with van der Waals surface area (Å²) in [5.74, 6) is 0.978. The topological polar surface area (TPSA) is 47.9 Å². The molecule has 0 amide bonds. The smallest absolute Gasteiger partial charge is 0.235 e. The van der Waals surface area contributed by atoms with Crippen molar-refractivity contribution in [2.45, 2.75) is 44.3 Å². The Labute approximate surface area is 124 Å². The molecule has 5 heteroatoms. The number of benzene rings is 1. The van der Waals surface area contributed by atoms with Gasteiger partial charge in [-0.3, -0.25) is 0 Å².